The van der Waals surface area contributed by atoms with Gasteiger partial charge in [0.05, 0.1) is 0 Å². The van der Waals surface area contributed by atoms with Gasteiger partial charge in [-0.05, 0) is 74.4 Å². The Balaban J connectivity index is 0.00000312. The van der Waals surface area contributed by atoms with Gasteiger partial charge in [0, 0.05) is 21.5 Å². The molecule has 1 saturated carbocycles. The van der Waals surface area contributed by atoms with E-state index in [1.54, 1.807) is 7.11 Å². The number of rotatable bonds is 5. The first kappa shape index (κ1) is 22.3. The number of benzene rings is 1. The Morgan fingerprint density at radius 3 is 2.68 bits per heavy atom. The summed E-state index contributed by atoms with van der Waals surface area (Å²) in [6, 6.07) is 6.48. The molecule has 25 heavy (non-hydrogen) atoms. The molecule has 1 aliphatic carbocycles. The molecule has 1 aliphatic rings. The molecule has 0 saturated heterocycles. The fourth-order valence-electron chi connectivity index (χ4n) is 3.31. The number of aliphatic hydroxyl groups is 1. The SMILES string of the molecule is COP/C(C)=C\C(C)Cc1ccc(C#CC2(O)CCCC2)c(C)c1.P. The van der Waals surface area contributed by atoms with Gasteiger partial charge in [0.1, 0.15) is 5.60 Å². The summed E-state index contributed by atoms with van der Waals surface area (Å²) < 4.78 is 5.19. The van der Waals surface area contributed by atoms with Gasteiger partial charge in [0.2, 0.25) is 0 Å². The molecule has 1 N–H and O–H groups in total. The molecule has 3 atom stereocenters. The fraction of sp³-hybridized carbons (Fsp3) is 0.524. The summed E-state index contributed by atoms with van der Waals surface area (Å²) in [7, 11) is 2.20. The molecule has 1 fully saturated rings. The third-order valence-corrected chi connectivity index (χ3v) is 5.20. The van der Waals surface area contributed by atoms with E-state index in [0.717, 1.165) is 37.7 Å². The second kappa shape index (κ2) is 10.4. The maximum Gasteiger partial charge on any atom is 0.125 e. The largest absolute Gasteiger partial charge is 0.378 e. The molecule has 0 radical (unpaired) electrons. The molecule has 2 nitrogen and oxygen atoms in total. The second-order valence-corrected chi connectivity index (χ2v) is 8.38. The predicted molar refractivity (Wildman–Crippen MR) is 115 cm³/mol. The van der Waals surface area contributed by atoms with Gasteiger partial charge < -0.3 is 9.63 Å². The molecule has 1 aromatic carbocycles. The minimum absolute atomic E-state index is 0. The van der Waals surface area contributed by atoms with Crippen LogP contribution in [-0.4, -0.2) is 17.8 Å². The molecular formula is C21H32O2P2. The van der Waals surface area contributed by atoms with E-state index in [-0.39, 0.29) is 9.90 Å². The zero-order chi connectivity index (χ0) is 17.6. The van der Waals surface area contributed by atoms with Crippen LogP contribution < -0.4 is 0 Å². The number of aryl methyl sites for hydroxylation is 1. The van der Waals surface area contributed by atoms with Gasteiger partial charge in [-0.25, -0.2) is 0 Å². The van der Waals surface area contributed by atoms with Crippen LogP contribution in [-0.2, 0) is 10.9 Å². The van der Waals surface area contributed by atoms with Crippen molar-refractivity contribution in [2.24, 2.45) is 5.92 Å². The molecule has 2 rings (SSSR count). The van der Waals surface area contributed by atoms with Gasteiger partial charge in [-0.2, -0.15) is 9.90 Å². The monoisotopic (exact) mass is 378 g/mol. The molecule has 0 heterocycles. The predicted octanol–water partition coefficient (Wildman–Crippen LogP) is 5.03. The van der Waals surface area contributed by atoms with Crippen LogP contribution in [0.15, 0.2) is 29.6 Å². The van der Waals surface area contributed by atoms with Crippen LogP contribution in [0.5, 0.6) is 0 Å². The smallest absolute Gasteiger partial charge is 0.125 e. The van der Waals surface area contributed by atoms with Crippen molar-refractivity contribution in [3.05, 3.63) is 46.3 Å². The van der Waals surface area contributed by atoms with Gasteiger partial charge in [-0.1, -0.05) is 37.0 Å². The average molecular weight is 378 g/mol. The highest BCUT2D eigenvalue weighted by molar-refractivity contribution is 7.37. The van der Waals surface area contributed by atoms with E-state index >= 15 is 0 Å². The zero-order valence-electron chi connectivity index (χ0n) is 16.0. The highest BCUT2D eigenvalue weighted by Gasteiger charge is 2.28. The normalized spacial score (nSPS) is 17.9. The number of allylic oxidation sites excluding steroid dienone is 2. The lowest BCUT2D eigenvalue weighted by Crippen LogP contribution is -2.20. The van der Waals surface area contributed by atoms with Gasteiger partial charge >= 0.3 is 0 Å². The first-order valence-electron chi connectivity index (χ1n) is 8.74. The zero-order valence-corrected chi connectivity index (χ0v) is 18.4. The highest BCUT2D eigenvalue weighted by atomic mass is 31.1. The summed E-state index contributed by atoms with van der Waals surface area (Å²) in [5, 5.41) is 11.7. The van der Waals surface area contributed by atoms with Crippen molar-refractivity contribution in [1.82, 2.24) is 0 Å². The molecule has 1 aromatic rings. The van der Waals surface area contributed by atoms with Crippen LogP contribution in [0, 0.1) is 24.7 Å². The van der Waals surface area contributed by atoms with E-state index in [4.69, 9.17) is 4.52 Å². The van der Waals surface area contributed by atoms with Crippen LogP contribution in [0.4, 0.5) is 0 Å². The Morgan fingerprint density at radius 2 is 2.08 bits per heavy atom. The average Bonchev–Trinajstić information content (AvgIpc) is 2.93. The van der Waals surface area contributed by atoms with E-state index in [2.05, 4.69) is 56.9 Å². The summed E-state index contributed by atoms with van der Waals surface area (Å²) in [5.41, 5.74) is 2.78. The topological polar surface area (TPSA) is 29.5 Å². The summed E-state index contributed by atoms with van der Waals surface area (Å²) >= 11 is 0. The fourth-order valence-corrected chi connectivity index (χ4v) is 3.99. The number of hydrogen-bond acceptors (Lipinski definition) is 2. The lowest BCUT2D eigenvalue weighted by Gasteiger charge is -2.13. The highest BCUT2D eigenvalue weighted by Crippen LogP contribution is 2.29. The van der Waals surface area contributed by atoms with E-state index in [1.165, 1.54) is 16.4 Å². The minimum Gasteiger partial charge on any atom is -0.378 e. The maximum absolute atomic E-state index is 10.4. The first-order chi connectivity index (χ1) is 11.4. The van der Waals surface area contributed by atoms with E-state index in [9.17, 15) is 5.11 Å². The Morgan fingerprint density at radius 1 is 1.40 bits per heavy atom. The van der Waals surface area contributed by atoms with E-state index < -0.39 is 5.60 Å². The Hall–Kier alpha value is -0.700. The third-order valence-electron chi connectivity index (χ3n) is 4.51. The molecule has 0 bridgehead atoms. The van der Waals surface area contributed by atoms with Gasteiger partial charge in [-0.15, -0.1) is 0 Å². The van der Waals surface area contributed by atoms with Crippen molar-refractivity contribution >= 4 is 18.7 Å². The quantitative estimate of drug-likeness (QED) is 0.575. The summed E-state index contributed by atoms with van der Waals surface area (Å²) in [4.78, 5) is 0. The Labute approximate surface area is 158 Å². The van der Waals surface area contributed by atoms with Crippen LogP contribution >= 0.6 is 18.7 Å². The molecule has 0 aromatic heterocycles. The molecular weight excluding hydrogens is 346 g/mol. The van der Waals surface area contributed by atoms with Crippen molar-refractivity contribution in [2.45, 2.75) is 58.5 Å². The van der Waals surface area contributed by atoms with Gasteiger partial charge in [0.25, 0.3) is 0 Å². The van der Waals surface area contributed by atoms with Crippen molar-refractivity contribution in [2.75, 3.05) is 7.11 Å². The van der Waals surface area contributed by atoms with E-state index in [0.29, 0.717) is 14.7 Å². The van der Waals surface area contributed by atoms with Crippen LogP contribution in [0.1, 0.15) is 56.2 Å². The van der Waals surface area contributed by atoms with Crippen LogP contribution in [0.2, 0.25) is 0 Å². The summed E-state index contributed by atoms with van der Waals surface area (Å²) in [6.07, 6.45) is 7.09. The van der Waals surface area contributed by atoms with E-state index in [1.807, 2.05) is 0 Å². The van der Waals surface area contributed by atoms with Crippen LogP contribution in [0.3, 0.4) is 0 Å². The Bertz CT molecular complexity index is 650. The molecule has 0 amide bonds. The standard InChI is InChI=1S/C21H29O2P.H3P/c1-16(13-18(3)24-23-4)14-19-7-8-20(17(2)15-19)9-12-21(22)10-5-6-11-21;/h7-8,13,15-16,22,24H,5-6,10-11,14H2,1-4H3;1H3/b18-13-;. The molecule has 0 spiro atoms. The van der Waals surface area contributed by atoms with Crippen molar-refractivity contribution < 1.29 is 9.63 Å². The first-order valence-corrected chi connectivity index (χ1v) is 9.65. The molecule has 0 aliphatic heterocycles. The molecule has 4 heteroatoms. The van der Waals surface area contributed by atoms with Crippen molar-refractivity contribution in [3.63, 3.8) is 0 Å². The molecule has 138 valence electrons. The minimum atomic E-state index is -0.760. The second-order valence-electron chi connectivity index (χ2n) is 6.98. The Kier molecular flexibility index (Phi) is 9.34. The summed E-state index contributed by atoms with van der Waals surface area (Å²) in [6.45, 7) is 6.46. The van der Waals surface area contributed by atoms with Gasteiger partial charge in [0.15, 0.2) is 0 Å². The van der Waals surface area contributed by atoms with Crippen molar-refractivity contribution in [1.29, 1.82) is 0 Å². The summed E-state index contributed by atoms with van der Waals surface area (Å²) in [5.74, 6) is 6.79. The molecule has 3 unspecified atom stereocenters. The van der Waals surface area contributed by atoms with Gasteiger partial charge in [-0.3, -0.25) is 0 Å². The number of hydrogen-bond donors (Lipinski definition) is 1. The van der Waals surface area contributed by atoms with Crippen LogP contribution in [0.25, 0.3) is 0 Å². The lowest BCUT2D eigenvalue weighted by molar-refractivity contribution is 0.110. The maximum atomic E-state index is 10.4. The lowest BCUT2D eigenvalue weighted by atomic mass is 9.96. The van der Waals surface area contributed by atoms with Crippen molar-refractivity contribution in [3.8, 4) is 11.8 Å². The third kappa shape index (κ3) is 7.21.